The quantitative estimate of drug-likeness (QED) is 0.576. The van der Waals surface area contributed by atoms with Gasteiger partial charge in [0.25, 0.3) is 0 Å². The van der Waals surface area contributed by atoms with Crippen molar-refractivity contribution in [2.75, 3.05) is 12.0 Å². The van der Waals surface area contributed by atoms with E-state index >= 15 is 0 Å². The molecule has 1 unspecified atom stereocenters. The molecular weight excluding hydrogens is 368 g/mol. The number of unbranched alkanes of at least 4 members (excludes halogenated alkanes) is 1. The highest BCUT2D eigenvalue weighted by Crippen LogP contribution is 2.57. The van der Waals surface area contributed by atoms with Gasteiger partial charge in [-0.1, -0.05) is 50.3 Å². The molecule has 1 aromatic rings. The maximum absolute atomic E-state index is 12.9. The number of carbonyl (C=O) groups is 1. The number of aryl methyl sites for hydroxylation is 1. The third kappa shape index (κ3) is 5.83. The fourth-order valence-electron chi connectivity index (χ4n) is 3.48. The highest BCUT2D eigenvalue weighted by atomic mass is 32.3. The molecule has 148 valence electrons. The largest absolute Gasteiger partial charge is 0.306 e. The average molecular weight is 401 g/mol. The molecule has 1 saturated carbocycles. The molecule has 0 aliphatic heterocycles. The van der Waals surface area contributed by atoms with Crippen LogP contribution in [-0.2, 0) is 18.5 Å². The van der Waals surface area contributed by atoms with Crippen molar-refractivity contribution in [2.45, 2.75) is 75.4 Å². The molecule has 0 bridgehead atoms. The summed E-state index contributed by atoms with van der Waals surface area (Å²) in [4.78, 5) is 12.7. The number of ketones is 1. The number of hydrogen-bond acceptors (Lipinski definition) is 4. The average Bonchev–Trinajstić information content (AvgIpc) is 2.60. The van der Waals surface area contributed by atoms with Crippen molar-refractivity contribution in [1.82, 2.24) is 0 Å². The van der Waals surface area contributed by atoms with E-state index in [1.807, 2.05) is 13.2 Å². The number of Topliss-reactive ketones (excluding diaryl/α,β-unsaturated/α-hetero) is 1. The van der Waals surface area contributed by atoms with Crippen LogP contribution < -0.4 is 0 Å². The van der Waals surface area contributed by atoms with Gasteiger partial charge in [-0.25, -0.2) is 3.63 Å². The van der Waals surface area contributed by atoms with Gasteiger partial charge in [0.1, 0.15) is 5.78 Å². The number of hydrogen-bond donors (Lipinski definition) is 0. The summed E-state index contributed by atoms with van der Waals surface area (Å²) in [5, 5.41) is 0.182. The molecule has 1 aliphatic rings. The van der Waals surface area contributed by atoms with Crippen LogP contribution in [0.5, 0.6) is 0 Å². The van der Waals surface area contributed by atoms with Crippen molar-refractivity contribution in [3.63, 3.8) is 0 Å². The van der Waals surface area contributed by atoms with E-state index in [-0.39, 0.29) is 21.7 Å². The van der Waals surface area contributed by atoms with Gasteiger partial charge in [-0.15, -0.1) is 10.3 Å². The molecule has 0 N–H and O–H groups in total. The minimum absolute atomic E-state index is 0.133. The zero-order valence-electron chi connectivity index (χ0n) is 16.2. The van der Waals surface area contributed by atoms with E-state index in [1.54, 1.807) is 24.3 Å². The Morgan fingerprint density at radius 2 is 1.73 bits per heavy atom. The molecule has 6 heteroatoms. The molecule has 0 saturated heterocycles. The first-order chi connectivity index (χ1) is 12.3. The number of carbonyl (C=O) groups excluding carboxylic acids is 1. The minimum atomic E-state index is -3.87. The predicted octanol–water partition coefficient (Wildman–Crippen LogP) is 5.14. The van der Waals surface area contributed by atoms with Crippen LogP contribution in [0.4, 0.5) is 0 Å². The van der Waals surface area contributed by atoms with E-state index in [0.29, 0.717) is 6.42 Å². The monoisotopic (exact) mass is 400 g/mol. The van der Waals surface area contributed by atoms with E-state index in [9.17, 15) is 13.2 Å². The minimum Gasteiger partial charge on any atom is -0.299 e. The van der Waals surface area contributed by atoms with Gasteiger partial charge in [0.2, 0.25) is 0 Å². The van der Waals surface area contributed by atoms with E-state index in [2.05, 4.69) is 6.92 Å². The normalized spacial score (nSPS) is 19.7. The summed E-state index contributed by atoms with van der Waals surface area (Å²) >= 11 is 0. The summed E-state index contributed by atoms with van der Waals surface area (Å²) in [5.41, 5.74) is 1.00. The van der Waals surface area contributed by atoms with E-state index in [0.717, 1.165) is 44.1 Å². The van der Waals surface area contributed by atoms with Gasteiger partial charge in [0, 0.05) is 11.7 Å². The highest BCUT2D eigenvalue weighted by molar-refractivity contribution is 8.33. The van der Waals surface area contributed by atoms with E-state index < -0.39 is 20.4 Å². The van der Waals surface area contributed by atoms with E-state index in [4.69, 9.17) is 3.63 Å². The Hall–Kier alpha value is -0.850. The third-order valence-corrected chi connectivity index (χ3v) is 10.7. The topological polar surface area (TPSA) is 60.4 Å². The summed E-state index contributed by atoms with van der Waals surface area (Å²) in [6.07, 6.45) is 9.49. The van der Waals surface area contributed by atoms with Crippen LogP contribution >= 0.6 is 10.3 Å². The first-order valence-electron chi connectivity index (χ1n) is 9.56. The Kier molecular flexibility index (Phi) is 7.74. The molecule has 1 atom stereocenters. The van der Waals surface area contributed by atoms with Crippen LogP contribution in [0, 0.1) is 6.92 Å². The van der Waals surface area contributed by atoms with Gasteiger partial charge in [0.15, 0.2) is 0 Å². The SMILES string of the molecule is CCCCC(=O)CS(C)(OS(=O)(=O)c1ccc(C)cc1)C1CCCCC1. The van der Waals surface area contributed by atoms with Crippen LogP contribution in [0.2, 0.25) is 0 Å². The van der Waals surface area contributed by atoms with Crippen molar-refractivity contribution < 1.29 is 16.8 Å². The van der Waals surface area contributed by atoms with Crippen molar-refractivity contribution in [3.05, 3.63) is 29.8 Å². The Morgan fingerprint density at radius 3 is 2.31 bits per heavy atom. The van der Waals surface area contributed by atoms with Gasteiger partial charge in [-0.3, -0.25) is 4.79 Å². The summed E-state index contributed by atoms with van der Waals surface area (Å²) in [7, 11) is -5.89. The molecule has 1 fully saturated rings. The van der Waals surface area contributed by atoms with Gasteiger partial charge >= 0.3 is 10.1 Å². The molecule has 2 rings (SSSR count). The van der Waals surface area contributed by atoms with Crippen LogP contribution in [-0.4, -0.2) is 31.5 Å². The van der Waals surface area contributed by atoms with Gasteiger partial charge in [-0.05, 0) is 44.6 Å². The molecule has 0 spiro atoms. The summed E-state index contributed by atoms with van der Waals surface area (Å²) in [5.74, 6) is 0.386. The maximum atomic E-state index is 12.9. The first kappa shape index (κ1) is 21.5. The molecule has 26 heavy (non-hydrogen) atoms. The Bertz CT molecular complexity index is 691. The van der Waals surface area contributed by atoms with Crippen LogP contribution in [0.25, 0.3) is 0 Å². The molecular formula is C20H32O4S2. The van der Waals surface area contributed by atoms with Crippen molar-refractivity contribution >= 4 is 26.2 Å². The molecule has 0 heterocycles. The maximum Gasteiger partial charge on any atom is 0.306 e. The zero-order valence-corrected chi connectivity index (χ0v) is 17.8. The molecule has 0 amide bonds. The Balaban J connectivity index is 2.24. The lowest BCUT2D eigenvalue weighted by atomic mass is 10.0. The van der Waals surface area contributed by atoms with Crippen molar-refractivity contribution in [2.24, 2.45) is 0 Å². The summed E-state index contributed by atoms with van der Waals surface area (Å²) in [6.45, 7) is 3.97. The lowest BCUT2D eigenvalue weighted by Gasteiger charge is -2.43. The summed E-state index contributed by atoms with van der Waals surface area (Å²) < 4.78 is 31.6. The van der Waals surface area contributed by atoms with Crippen LogP contribution in [0.3, 0.4) is 0 Å². The van der Waals surface area contributed by atoms with E-state index in [1.165, 1.54) is 6.42 Å². The number of benzene rings is 1. The zero-order chi connectivity index (χ0) is 19.2. The van der Waals surface area contributed by atoms with Crippen molar-refractivity contribution in [1.29, 1.82) is 0 Å². The fraction of sp³-hybridized carbons (Fsp3) is 0.650. The molecule has 0 radical (unpaired) electrons. The smallest absolute Gasteiger partial charge is 0.299 e. The third-order valence-electron chi connectivity index (χ3n) is 5.07. The molecule has 4 nitrogen and oxygen atoms in total. The number of rotatable bonds is 9. The first-order valence-corrected chi connectivity index (χ1v) is 13.2. The standard InChI is InChI=1S/C20H32O4S2/c1-4-5-9-18(21)16-25(3,19-10-7-6-8-11-19)24-26(22,23)20-14-12-17(2)13-15-20/h12-15,19H,4-11,16H2,1-3H3. The second kappa shape index (κ2) is 9.38. The second-order valence-electron chi connectivity index (χ2n) is 7.45. The molecule has 1 aromatic carbocycles. The highest BCUT2D eigenvalue weighted by Gasteiger charge is 2.37. The van der Waals surface area contributed by atoms with Gasteiger partial charge < -0.3 is 0 Å². The lowest BCUT2D eigenvalue weighted by molar-refractivity contribution is -0.116. The lowest BCUT2D eigenvalue weighted by Crippen LogP contribution is -2.30. The second-order valence-corrected chi connectivity index (χ2v) is 12.5. The van der Waals surface area contributed by atoms with Crippen LogP contribution in [0.15, 0.2) is 29.2 Å². The van der Waals surface area contributed by atoms with Gasteiger partial charge in [-0.2, -0.15) is 8.42 Å². The van der Waals surface area contributed by atoms with Crippen molar-refractivity contribution in [3.8, 4) is 0 Å². The molecule has 0 aromatic heterocycles. The Morgan fingerprint density at radius 1 is 1.12 bits per heavy atom. The Labute approximate surface area is 160 Å². The molecule has 1 aliphatic carbocycles. The predicted molar refractivity (Wildman–Crippen MR) is 109 cm³/mol. The summed E-state index contributed by atoms with van der Waals surface area (Å²) in [6, 6.07) is 6.72. The van der Waals surface area contributed by atoms with Gasteiger partial charge in [0.05, 0.1) is 10.6 Å². The van der Waals surface area contributed by atoms with Crippen LogP contribution in [0.1, 0.15) is 63.9 Å². The fourth-order valence-corrected chi connectivity index (χ4v) is 8.88.